The number of aryl methyl sites for hydroxylation is 1. The van der Waals surface area contributed by atoms with Gasteiger partial charge in [0.1, 0.15) is 11.6 Å². The number of alkyl halides is 4. The van der Waals surface area contributed by atoms with E-state index in [1.807, 2.05) is 0 Å². The van der Waals surface area contributed by atoms with Crippen molar-refractivity contribution in [3.63, 3.8) is 0 Å². The minimum Gasteiger partial charge on any atom is -0.320 e. The fourth-order valence-electron chi connectivity index (χ4n) is 2.27. The molecule has 3 aromatic rings. The van der Waals surface area contributed by atoms with Crippen molar-refractivity contribution in [3.05, 3.63) is 57.7 Å². The van der Waals surface area contributed by atoms with E-state index in [2.05, 4.69) is 15.3 Å². The van der Waals surface area contributed by atoms with Crippen molar-refractivity contribution < 1.29 is 26.7 Å². The van der Waals surface area contributed by atoms with Gasteiger partial charge in [0.05, 0.1) is 18.4 Å². The Kier molecular flexibility index (Phi) is 5.27. The Morgan fingerprint density at radius 2 is 2.04 bits per heavy atom. The molecule has 0 aliphatic carbocycles. The average molecular weight is 419 g/mol. The molecule has 1 N–H and O–H groups in total. The number of carbonyl (C=O) groups excluding carboxylic acids is 1. The predicted octanol–water partition coefficient (Wildman–Crippen LogP) is 2.87. The molecule has 148 valence electrons. The lowest BCUT2D eigenvalue weighted by atomic mass is 10.3. The predicted molar refractivity (Wildman–Crippen MR) is 88.8 cm³/mol. The second-order valence-electron chi connectivity index (χ2n) is 5.34. The van der Waals surface area contributed by atoms with Crippen LogP contribution in [0.25, 0.3) is 5.13 Å². The standard InChI is InChI=1S/C15H10F5N5O2S/c16-1-3-24-7-8(5-9(17)12(24)27)23-11(26)10-6-22-14(28-10)25-4-2-21-13(25)15(18,19)20/h2,4-7H,1,3H2,(H,23,26). The van der Waals surface area contributed by atoms with Crippen LogP contribution in [0.4, 0.5) is 27.6 Å². The van der Waals surface area contributed by atoms with E-state index in [-0.39, 0.29) is 15.7 Å². The largest absolute Gasteiger partial charge is 0.450 e. The molecule has 0 saturated heterocycles. The zero-order valence-electron chi connectivity index (χ0n) is 13.7. The quantitative estimate of drug-likeness (QED) is 0.645. The number of hydrogen-bond acceptors (Lipinski definition) is 5. The van der Waals surface area contributed by atoms with Crippen LogP contribution in [0.15, 0.2) is 35.6 Å². The highest BCUT2D eigenvalue weighted by molar-refractivity contribution is 7.16. The number of halogens is 5. The SMILES string of the molecule is O=C(Nc1cc(F)c(=O)n(CCF)c1)c1cnc(-n2ccnc2C(F)(F)F)s1. The van der Waals surface area contributed by atoms with Crippen LogP contribution in [0.1, 0.15) is 15.5 Å². The highest BCUT2D eigenvalue weighted by atomic mass is 32.1. The lowest BCUT2D eigenvalue weighted by Gasteiger charge is -2.08. The maximum atomic E-state index is 13.6. The topological polar surface area (TPSA) is 81.8 Å². The average Bonchev–Trinajstić information content (AvgIpc) is 3.27. The van der Waals surface area contributed by atoms with E-state index in [9.17, 15) is 31.5 Å². The Morgan fingerprint density at radius 1 is 1.29 bits per heavy atom. The second kappa shape index (κ2) is 7.50. The number of rotatable bonds is 5. The van der Waals surface area contributed by atoms with Gasteiger partial charge in [0.15, 0.2) is 10.9 Å². The monoisotopic (exact) mass is 419 g/mol. The van der Waals surface area contributed by atoms with Gasteiger partial charge in [-0.15, -0.1) is 0 Å². The van der Waals surface area contributed by atoms with Crippen molar-refractivity contribution in [1.82, 2.24) is 19.1 Å². The summed E-state index contributed by atoms with van der Waals surface area (Å²) in [6.07, 6.45) is -0.614. The molecule has 0 aliphatic rings. The number of hydrogen-bond donors (Lipinski definition) is 1. The maximum absolute atomic E-state index is 13.6. The normalized spacial score (nSPS) is 11.6. The summed E-state index contributed by atoms with van der Waals surface area (Å²) >= 11 is 0.648. The summed E-state index contributed by atoms with van der Waals surface area (Å²) in [5.41, 5.74) is -1.17. The Balaban J connectivity index is 1.84. The van der Waals surface area contributed by atoms with Crippen LogP contribution in [-0.2, 0) is 12.7 Å². The minimum atomic E-state index is -4.71. The number of anilines is 1. The third kappa shape index (κ3) is 3.93. The molecule has 0 fully saturated rings. The fourth-order valence-corrected chi connectivity index (χ4v) is 3.06. The molecule has 28 heavy (non-hydrogen) atoms. The molecule has 3 aromatic heterocycles. The van der Waals surface area contributed by atoms with Crippen molar-refractivity contribution in [3.8, 4) is 5.13 Å². The minimum absolute atomic E-state index is 0.0690. The summed E-state index contributed by atoms with van der Waals surface area (Å²) in [5.74, 6) is -3.18. The second-order valence-corrected chi connectivity index (χ2v) is 6.35. The number of thiazole rings is 1. The molecule has 0 bridgehead atoms. The van der Waals surface area contributed by atoms with Crippen LogP contribution in [0.3, 0.4) is 0 Å². The highest BCUT2D eigenvalue weighted by Crippen LogP contribution is 2.30. The molecule has 0 aromatic carbocycles. The zero-order valence-corrected chi connectivity index (χ0v) is 14.5. The molecule has 0 spiro atoms. The lowest BCUT2D eigenvalue weighted by Crippen LogP contribution is -2.24. The van der Waals surface area contributed by atoms with Gasteiger partial charge in [0.2, 0.25) is 5.82 Å². The van der Waals surface area contributed by atoms with Gasteiger partial charge in [0, 0.05) is 24.7 Å². The van der Waals surface area contributed by atoms with Gasteiger partial charge in [-0.25, -0.2) is 18.7 Å². The molecule has 0 atom stereocenters. The molecular weight excluding hydrogens is 409 g/mol. The first-order chi connectivity index (χ1) is 13.2. The van der Waals surface area contributed by atoms with E-state index in [0.29, 0.717) is 15.9 Å². The van der Waals surface area contributed by atoms with E-state index in [0.717, 1.165) is 35.4 Å². The molecular formula is C15H10F5N5O2S. The van der Waals surface area contributed by atoms with Crippen molar-refractivity contribution >= 4 is 22.9 Å². The van der Waals surface area contributed by atoms with Crippen LogP contribution >= 0.6 is 11.3 Å². The van der Waals surface area contributed by atoms with Crippen LogP contribution in [0, 0.1) is 5.82 Å². The number of pyridine rings is 1. The van der Waals surface area contributed by atoms with Gasteiger partial charge in [-0.3, -0.25) is 14.2 Å². The van der Waals surface area contributed by atoms with Crippen LogP contribution < -0.4 is 10.9 Å². The van der Waals surface area contributed by atoms with Crippen LogP contribution in [0.5, 0.6) is 0 Å². The first-order valence-electron chi connectivity index (χ1n) is 7.54. The first kappa shape index (κ1) is 19.7. The summed E-state index contributed by atoms with van der Waals surface area (Å²) < 4.78 is 66.3. The van der Waals surface area contributed by atoms with Crippen molar-refractivity contribution in [1.29, 1.82) is 0 Å². The summed E-state index contributed by atoms with van der Waals surface area (Å²) in [6, 6.07) is 0.758. The molecule has 13 heteroatoms. The molecule has 3 rings (SSSR count). The molecule has 1 amide bonds. The number of imidazole rings is 1. The maximum Gasteiger partial charge on any atom is 0.450 e. The highest BCUT2D eigenvalue weighted by Gasteiger charge is 2.37. The lowest BCUT2D eigenvalue weighted by molar-refractivity contribution is -0.145. The van der Waals surface area contributed by atoms with Crippen LogP contribution in [-0.4, -0.2) is 31.7 Å². The summed E-state index contributed by atoms with van der Waals surface area (Å²) in [4.78, 5) is 30.7. The fraction of sp³-hybridized carbons (Fsp3) is 0.200. The first-order valence-corrected chi connectivity index (χ1v) is 8.36. The Hall–Kier alpha value is -3.09. The van der Waals surface area contributed by atoms with Gasteiger partial charge in [0.25, 0.3) is 11.5 Å². The molecule has 0 radical (unpaired) electrons. The summed E-state index contributed by atoms with van der Waals surface area (Å²) in [6.45, 7) is -1.31. The van der Waals surface area contributed by atoms with Gasteiger partial charge in [-0.05, 0) is 0 Å². The smallest absolute Gasteiger partial charge is 0.320 e. The zero-order chi connectivity index (χ0) is 20.5. The van der Waals surface area contributed by atoms with E-state index < -0.39 is 42.5 Å². The van der Waals surface area contributed by atoms with Crippen LogP contribution in [0.2, 0.25) is 0 Å². The van der Waals surface area contributed by atoms with E-state index in [1.54, 1.807) is 0 Å². The van der Waals surface area contributed by atoms with Gasteiger partial charge in [-0.1, -0.05) is 11.3 Å². The van der Waals surface area contributed by atoms with Crippen molar-refractivity contribution in [2.24, 2.45) is 0 Å². The number of carbonyl (C=O) groups is 1. The molecule has 0 unspecified atom stereocenters. The molecule has 7 nitrogen and oxygen atoms in total. The van der Waals surface area contributed by atoms with E-state index in [4.69, 9.17) is 0 Å². The van der Waals surface area contributed by atoms with Gasteiger partial charge >= 0.3 is 6.18 Å². The Morgan fingerprint density at radius 3 is 2.71 bits per heavy atom. The number of amides is 1. The van der Waals surface area contributed by atoms with Crippen molar-refractivity contribution in [2.75, 3.05) is 12.0 Å². The molecule has 0 aliphatic heterocycles. The van der Waals surface area contributed by atoms with Crippen molar-refractivity contribution in [2.45, 2.75) is 12.7 Å². The van der Waals surface area contributed by atoms with E-state index in [1.165, 1.54) is 0 Å². The Bertz CT molecular complexity index is 1070. The molecule has 3 heterocycles. The number of aromatic nitrogens is 4. The van der Waals surface area contributed by atoms with E-state index >= 15 is 0 Å². The third-order valence-corrected chi connectivity index (χ3v) is 4.44. The number of nitrogens with zero attached hydrogens (tertiary/aromatic N) is 4. The molecule has 0 saturated carbocycles. The Labute approximate surface area is 157 Å². The third-order valence-electron chi connectivity index (χ3n) is 3.44. The summed E-state index contributed by atoms with van der Waals surface area (Å²) in [7, 11) is 0. The van der Waals surface area contributed by atoms with Gasteiger partial charge < -0.3 is 9.88 Å². The summed E-state index contributed by atoms with van der Waals surface area (Å²) in [5, 5.41) is 2.14. The van der Waals surface area contributed by atoms with Gasteiger partial charge in [-0.2, -0.15) is 13.2 Å². The number of nitrogens with one attached hydrogen (secondary N) is 1.